The fourth-order valence-electron chi connectivity index (χ4n) is 3.44. The lowest BCUT2D eigenvalue weighted by Gasteiger charge is -2.43. The average Bonchev–Trinajstić information content (AvgIpc) is 2.63. The molecule has 1 aromatic rings. The van der Waals surface area contributed by atoms with Crippen LogP contribution in [0.25, 0.3) is 0 Å². The van der Waals surface area contributed by atoms with Gasteiger partial charge in [0.05, 0.1) is 24.7 Å². The monoisotopic (exact) mass is 371 g/mol. The molecule has 0 unspecified atom stereocenters. The van der Waals surface area contributed by atoms with E-state index < -0.39 is 11.5 Å². The summed E-state index contributed by atoms with van der Waals surface area (Å²) in [4.78, 5) is 37.7. The number of benzene rings is 1. The first-order chi connectivity index (χ1) is 13.0. The molecule has 1 saturated heterocycles. The number of likely N-dealkylation sites (tertiary alicyclic amines) is 1. The Morgan fingerprint density at radius 2 is 2.11 bits per heavy atom. The van der Waals surface area contributed by atoms with E-state index in [1.807, 2.05) is 0 Å². The topological polar surface area (TPSA) is 109 Å². The molecule has 0 atom stereocenters. The molecule has 2 amide bonds. The Hall–Kier alpha value is -3.08. The number of amides is 2. The molecule has 8 heteroatoms. The number of ether oxygens (including phenoxy) is 2. The van der Waals surface area contributed by atoms with E-state index in [-0.39, 0.29) is 24.7 Å². The van der Waals surface area contributed by atoms with Crippen LogP contribution in [0.5, 0.6) is 5.75 Å². The highest BCUT2D eigenvalue weighted by Gasteiger charge is 2.44. The molecule has 3 rings (SSSR count). The molecule has 142 valence electrons. The lowest BCUT2D eigenvalue weighted by atomic mass is 9.82. The van der Waals surface area contributed by atoms with Crippen LogP contribution in [0.4, 0.5) is 10.5 Å². The molecule has 0 aliphatic carbocycles. The number of rotatable bonds is 3. The van der Waals surface area contributed by atoms with Crippen molar-refractivity contribution >= 4 is 23.5 Å². The van der Waals surface area contributed by atoms with Crippen LogP contribution < -0.4 is 10.1 Å². The number of fused-ring (bicyclic) bond motifs is 1. The van der Waals surface area contributed by atoms with Crippen molar-refractivity contribution in [3.63, 3.8) is 0 Å². The number of hydrogen-bond acceptors (Lipinski definition) is 6. The van der Waals surface area contributed by atoms with E-state index in [2.05, 4.69) is 5.32 Å². The second-order valence-electron chi connectivity index (χ2n) is 6.67. The molecular weight excluding hydrogens is 350 g/mol. The summed E-state index contributed by atoms with van der Waals surface area (Å²) in [5.74, 6) is -0.00392. The predicted octanol–water partition coefficient (Wildman–Crippen LogP) is 2.50. The van der Waals surface area contributed by atoms with Gasteiger partial charge in [-0.25, -0.2) is 4.79 Å². The summed E-state index contributed by atoms with van der Waals surface area (Å²) in [5, 5.41) is 11.1. The summed E-state index contributed by atoms with van der Waals surface area (Å²) in [7, 11) is 0. The Labute approximate surface area is 157 Å². The molecule has 1 fully saturated rings. The summed E-state index contributed by atoms with van der Waals surface area (Å²) in [6, 6.07) is 6.66. The fourth-order valence-corrected chi connectivity index (χ4v) is 3.44. The van der Waals surface area contributed by atoms with Gasteiger partial charge < -0.3 is 19.7 Å². The lowest BCUT2D eigenvalue weighted by molar-refractivity contribution is -0.115. The summed E-state index contributed by atoms with van der Waals surface area (Å²) in [5.41, 5.74) is 0.265. The standard InChI is InChI=1S/C19H21N3O5/c1-2-26-18(25)22-9-6-19(7-10-22)12-15(23)14-11-13(3-4-16(14)27-19)21-17(24)5-8-20/h3-4,11H,2,5-7,9-10,12H2,1H3,(H,21,24). The number of hydrogen-bond donors (Lipinski definition) is 1. The highest BCUT2D eigenvalue weighted by Crippen LogP contribution is 2.40. The third kappa shape index (κ3) is 4.03. The highest BCUT2D eigenvalue weighted by atomic mass is 16.6. The largest absolute Gasteiger partial charge is 0.486 e. The van der Waals surface area contributed by atoms with E-state index in [1.165, 1.54) is 0 Å². The molecular formula is C19H21N3O5. The van der Waals surface area contributed by atoms with Crippen molar-refractivity contribution in [1.29, 1.82) is 5.26 Å². The second kappa shape index (κ2) is 7.66. The number of nitriles is 1. The minimum absolute atomic E-state index is 0.0581. The zero-order chi connectivity index (χ0) is 19.4. The number of carbonyl (C=O) groups is 3. The molecule has 0 aromatic heterocycles. The predicted molar refractivity (Wildman–Crippen MR) is 95.4 cm³/mol. The third-order valence-electron chi connectivity index (χ3n) is 4.81. The van der Waals surface area contributed by atoms with Crippen LogP contribution in [0.3, 0.4) is 0 Å². The summed E-state index contributed by atoms with van der Waals surface area (Å²) >= 11 is 0. The number of carbonyl (C=O) groups excluding carboxylic acids is 3. The fraction of sp³-hybridized carbons (Fsp3) is 0.474. The van der Waals surface area contributed by atoms with Crippen LogP contribution in [-0.4, -0.2) is 48.0 Å². The maximum atomic E-state index is 12.7. The van der Waals surface area contributed by atoms with Gasteiger partial charge in [0.1, 0.15) is 17.8 Å². The molecule has 1 N–H and O–H groups in total. The van der Waals surface area contributed by atoms with Crippen molar-refractivity contribution in [1.82, 2.24) is 4.90 Å². The normalized spacial score (nSPS) is 17.5. The quantitative estimate of drug-likeness (QED) is 0.874. The molecule has 2 aliphatic rings. The number of nitrogens with one attached hydrogen (secondary N) is 1. The molecule has 2 aliphatic heterocycles. The van der Waals surface area contributed by atoms with E-state index in [0.717, 1.165) is 0 Å². The van der Waals surface area contributed by atoms with Crippen LogP contribution in [0.1, 0.15) is 43.0 Å². The Morgan fingerprint density at radius 1 is 1.37 bits per heavy atom. The summed E-state index contributed by atoms with van der Waals surface area (Å²) in [6.45, 7) is 3.05. The first-order valence-electron chi connectivity index (χ1n) is 8.91. The number of nitrogens with zero attached hydrogens (tertiary/aromatic N) is 2. The van der Waals surface area contributed by atoms with Gasteiger partial charge in [0.25, 0.3) is 0 Å². The SMILES string of the molecule is CCOC(=O)N1CCC2(CC1)CC(=O)c1cc(NC(=O)CC#N)ccc1O2. The second-order valence-corrected chi connectivity index (χ2v) is 6.67. The van der Waals surface area contributed by atoms with Gasteiger partial charge in [-0.2, -0.15) is 5.26 Å². The van der Waals surface area contributed by atoms with Gasteiger partial charge >= 0.3 is 6.09 Å². The first kappa shape index (κ1) is 18.7. The molecule has 0 radical (unpaired) electrons. The number of ketones is 1. The van der Waals surface area contributed by atoms with Crippen molar-refractivity contribution in [2.75, 3.05) is 25.0 Å². The summed E-state index contributed by atoms with van der Waals surface area (Å²) < 4.78 is 11.2. The Morgan fingerprint density at radius 3 is 2.78 bits per heavy atom. The van der Waals surface area contributed by atoms with Crippen molar-refractivity contribution < 1.29 is 23.9 Å². The van der Waals surface area contributed by atoms with Crippen molar-refractivity contribution in [2.45, 2.75) is 38.2 Å². The molecule has 1 spiro atoms. The van der Waals surface area contributed by atoms with Crippen LogP contribution in [0, 0.1) is 11.3 Å². The van der Waals surface area contributed by atoms with Gasteiger partial charge in [-0.15, -0.1) is 0 Å². The minimum atomic E-state index is -0.612. The van der Waals surface area contributed by atoms with Gasteiger partial charge in [0.15, 0.2) is 5.78 Å². The van der Waals surface area contributed by atoms with E-state index in [4.69, 9.17) is 14.7 Å². The molecule has 27 heavy (non-hydrogen) atoms. The highest BCUT2D eigenvalue weighted by molar-refractivity contribution is 6.02. The van der Waals surface area contributed by atoms with Crippen LogP contribution in [-0.2, 0) is 9.53 Å². The molecule has 1 aromatic carbocycles. The molecule has 0 bridgehead atoms. The molecule has 8 nitrogen and oxygen atoms in total. The Bertz CT molecular complexity index is 806. The van der Waals surface area contributed by atoms with Gasteiger partial charge in [0.2, 0.25) is 5.91 Å². The zero-order valence-electron chi connectivity index (χ0n) is 15.1. The van der Waals surface area contributed by atoms with E-state index in [1.54, 1.807) is 36.1 Å². The van der Waals surface area contributed by atoms with Gasteiger partial charge in [0, 0.05) is 31.6 Å². The minimum Gasteiger partial charge on any atom is -0.486 e. The van der Waals surface area contributed by atoms with E-state index >= 15 is 0 Å². The third-order valence-corrected chi connectivity index (χ3v) is 4.81. The molecule has 2 heterocycles. The van der Waals surface area contributed by atoms with E-state index in [0.29, 0.717) is 49.5 Å². The van der Waals surface area contributed by atoms with Crippen molar-refractivity contribution in [3.8, 4) is 11.8 Å². The zero-order valence-corrected chi connectivity index (χ0v) is 15.1. The van der Waals surface area contributed by atoms with Crippen LogP contribution in [0.15, 0.2) is 18.2 Å². The Balaban J connectivity index is 1.70. The number of anilines is 1. The van der Waals surface area contributed by atoms with Crippen LogP contribution in [0.2, 0.25) is 0 Å². The van der Waals surface area contributed by atoms with Crippen molar-refractivity contribution in [2.24, 2.45) is 0 Å². The lowest BCUT2D eigenvalue weighted by Crippen LogP contribution is -2.52. The summed E-state index contributed by atoms with van der Waals surface area (Å²) in [6.07, 6.45) is 0.746. The van der Waals surface area contributed by atoms with Gasteiger partial charge in [-0.05, 0) is 25.1 Å². The first-order valence-corrected chi connectivity index (χ1v) is 8.91. The number of piperidine rings is 1. The maximum absolute atomic E-state index is 12.7. The van der Waals surface area contributed by atoms with Crippen LogP contribution >= 0.6 is 0 Å². The molecule has 0 saturated carbocycles. The van der Waals surface area contributed by atoms with Gasteiger partial charge in [-0.1, -0.05) is 0 Å². The number of Topliss-reactive ketones (excluding diaryl/α,β-unsaturated/α-hetero) is 1. The van der Waals surface area contributed by atoms with Crippen molar-refractivity contribution in [3.05, 3.63) is 23.8 Å². The smallest absolute Gasteiger partial charge is 0.409 e. The maximum Gasteiger partial charge on any atom is 0.409 e. The average molecular weight is 371 g/mol. The van der Waals surface area contributed by atoms with E-state index in [9.17, 15) is 14.4 Å². The Kier molecular flexibility index (Phi) is 5.31. The van der Waals surface area contributed by atoms with Gasteiger partial charge in [-0.3, -0.25) is 9.59 Å².